The van der Waals surface area contributed by atoms with E-state index < -0.39 is 0 Å². The number of hydrogen-bond donors (Lipinski definition) is 1. The standard InChI is InChI=1S/C14H15N5OS/c15-13-16-10-5-4-9(8-11(10)21-13)12-17-14(18-20-12)19-6-2-1-3-7-19/h4-5,8H,1-3,6-7H2,(H2,15,16). The lowest BCUT2D eigenvalue weighted by Crippen LogP contribution is -2.30. The van der Waals surface area contributed by atoms with Crippen molar-refractivity contribution in [2.45, 2.75) is 19.3 Å². The summed E-state index contributed by atoms with van der Waals surface area (Å²) in [6, 6.07) is 5.87. The van der Waals surface area contributed by atoms with Crippen LogP contribution in [0.1, 0.15) is 19.3 Å². The van der Waals surface area contributed by atoms with Crippen molar-refractivity contribution >= 4 is 32.6 Å². The molecule has 0 saturated carbocycles. The minimum absolute atomic E-state index is 0.546. The van der Waals surface area contributed by atoms with Gasteiger partial charge in [-0.1, -0.05) is 11.3 Å². The fourth-order valence-electron chi connectivity index (χ4n) is 2.63. The van der Waals surface area contributed by atoms with Crippen LogP contribution in [0.25, 0.3) is 21.7 Å². The van der Waals surface area contributed by atoms with Gasteiger partial charge in [0.25, 0.3) is 11.8 Å². The first-order chi connectivity index (χ1) is 10.3. The van der Waals surface area contributed by atoms with Gasteiger partial charge >= 0.3 is 0 Å². The summed E-state index contributed by atoms with van der Waals surface area (Å²) >= 11 is 1.46. The molecule has 1 aliphatic rings. The van der Waals surface area contributed by atoms with Gasteiger partial charge in [0.15, 0.2) is 5.13 Å². The van der Waals surface area contributed by atoms with E-state index in [-0.39, 0.29) is 0 Å². The lowest BCUT2D eigenvalue weighted by atomic mass is 10.1. The smallest absolute Gasteiger partial charge is 0.266 e. The molecule has 0 spiro atoms. The third-order valence-corrected chi connectivity index (χ3v) is 4.55. The molecule has 4 rings (SSSR count). The molecule has 0 atom stereocenters. The second kappa shape index (κ2) is 5.00. The summed E-state index contributed by atoms with van der Waals surface area (Å²) in [6.07, 6.45) is 3.66. The summed E-state index contributed by atoms with van der Waals surface area (Å²) in [5.41, 5.74) is 7.53. The number of thiazole rings is 1. The molecular formula is C14H15N5OS. The van der Waals surface area contributed by atoms with Crippen molar-refractivity contribution in [2.75, 3.05) is 23.7 Å². The Morgan fingerprint density at radius 2 is 2.00 bits per heavy atom. The molecule has 1 aromatic carbocycles. The van der Waals surface area contributed by atoms with Crippen LogP contribution in [0.2, 0.25) is 0 Å². The normalized spacial score (nSPS) is 15.7. The van der Waals surface area contributed by atoms with E-state index in [4.69, 9.17) is 10.3 Å². The molecular weight excluding hydrogens is 286 g/mol. The molecule has 0 amide bonds. The summed E-state index contributed by atoms with van der Waals surface area (Å²) in [7, 11) is 0. The van der Waals surface area contributed by atoms with Crippen molar-refractivity contribution in [3.8, 4) is 11.5 Å². The van der Waals surface area contributed by atoms with Gasteiger partial charge in [0.2, 0.25) is 0 Å². The van der Waals surface area contributed by atoms with Gasteiger partial charge in [0.1, 0.15) is 0 Å². The number of rotatable bonds is 2. The zero-order chi connectivity index (χ0) is 14.2. The van der Waals surface area contributed by atoms with Crippen LogP contribution in [0.3, 0.4) is 0 Å². The zero-order valence-electron chi connectivity index (χ0n) is 11.5. The summed E-state index contributed by atoms with van der Waals surface area (Å²) < 4.78 is 6.44. The van der Waals surface area contributed by atoms with E-state index in [2.05, 4.69) is 20.0 Å². The Balaban J connectivity index is 1.66. The maximum absolute atomic E-state index is 5.73. The molecule has 0 bridgehead atoms. The molecule has 1 saturated heterocycles. The average Bonchev–Trinajstić information content (AvgIpc) is 3.12. The van der Waals surface area contributed by atoms with Crippen LogP contribution in [0.4, 0.5) is 11.1 Å². The topological polar surface area (TPSA) is 81.1 Å². The van der Waals surface area contributed by atoms with E-state index in [1.165, 1.54) is 30.6 Å². The third kappa shape index (κ3) is 2.33. The lowest BCUT2D eigenvalue weighted by molar-refractivity contribution is 0.426. The highest BCUT2D eigenvalue weighted by atomic mass is 32.1. The number of fused-ring (bicyclic) bond motifs is 1. The van der Waals surface area contributed by atoms with Crippen LogP contribution in [-0.4, -0.2) is 28.2 Å². The molecule has 2 aromatic heterocycles. The van der Waals surface area contributed by atoms with E-state index in [1.54, 1.807) is 0 Å². The van der Waals surface area contributed by atoms with E-state index in [0.29, 0.717) is 17.0 Å². The summed E-state index contributed by atoms with van der Waals surface area (Å²) in [6.45, 7) is 2.01. The highest BCUT2D eigenvalue weighted by molar-refractivity contribution is 7.22. The molecule has 1 aliphatic heterocycles. The van der Waals surface area contributed by atoms with Crippen molar-refractivity contribution in [2.24, 2.45) is 0 Å². The maximum Gasteiger partial charge on any atom is 0.266 e. The number of piperidine rings is 1. The van der Waals surface area contributed by atoms with Gasteiger partial charge in [-0.25, -0.2) is 4.98 Å². The predicted octanol–water partition coefficient (Wildman–Crippen LogP) is 2.92. The highest BCUT2D eigenvalue weighted by Gasteiger charge is 2.17. The molecule has 21 heavy (non-hydrogen) atoms. The van der Waals surface area contributed by atoms with Crippen molar-refractivity contribution in [3.05, 3.63) is 18.2 Å². The molecule has 3 heterocycles. The minimum atomic E-state index is 0.546. The van der Waals surface area contributed by atoms with Crippen LogP contribution in [0, 0.1) is 0 Å². The molecule has 7 heteroatoms. The maximum atomic E-state index is 5.73. The second-order valence-electron chi connectivity index (χ2n) is 5.18. The van der Waals surface area contributed by atoms with Gasteiger partial charge in [-0.15, -0.1) is 0 Å². The van der Waals surface area contributed by atoms with Gasteiger partial charge in [-0.2, -0.15) is 4.98 Å². The molecule has 0 unspecified atom stereocenters. The number of nitrogens with two attached hydrogens (primary N) is 1. The Morgan fingerprint density at radius 3 is 2.86 bits per heavy atom. The molecule has 2 N–H and O–H groups in total. The number of nitrogen functional groups attached to an aromatic ring is 1. The van der Waals surface area contributed by atoms with Crippen LogP contribution in [0.5, 0.6) is 0 Å². The number of nitrogens with zero attached hydrogens (tertiary/aromatic N) is 4. The van der Waals surface area contributed by atoms with Crippen molar-refractivity contribution in [1.29, 1.82) is 0 Å². The van der Waals surface area contributed by atoms with E-state index in [0.717, 1.165) is 28.9 Å². The molecule has 108 valence electrons. The van der Waals surface area contributed by atoms with Gasteiger partial charge in [0.05, 0.1) is 10.2 Å². The number of aromatic nitrogens is 3. The van der Waals surface area contributed by atoms with Gasteiger partial charge < -0.3 is 15.2 Å². The van der Waals surface area contributed by atoms with E-state index in [9.17, 15) is 0 Å². The summed E-state index contributed by atoms with van der Waals surface area (Å²) in [4.78, 5) is 10.9. The third-order valence-electron chi connectivity index (χ3n) is 3.71. The lowest BCUT2D eigenvalue weighted by Gasteiger charge is -2.24. The Kier molecular flexibility index (Phi) is 2.99. The van der Waals surface area contributed by atoms with Gasteiger partial charge in [-0.05, 0) is 42.6 Å². The SMILES string of the molecule is Nc1nc2ccc(-c3nc(N4CCCCC4)no3)cc2s1. The molecule has 1 fully saturated rings. The van der Waals surface area contributed by atoms with Crippen LogP contribution >= 0.6 is 11.3 Å². The largest absolute Gasteiger partial charge is 0.375 e. The Bertz CT molecular complexity index is 775. The van der Waals surface area contributed by atoms with Crippen LogP contribution < -0.4 is 10.6 Å². The van der Waals surface area contributed by atoms with Crippen molar-refractivity contribution in [1.82, 2.24) is 15.1 Å². The molecule has 0 aliphatic carbocycles. The van der Waals surface area contributed by atoms with Crippen molar-refractivity contribution in [3.63, 3.8) is 0 Å². The van der Waals surface area contributed by atoms with Crippen molar-refractivity contribution < 1.29 is 4.52 Å². The van der Waals surface area contributed by atoms with E-state index >= 15 is 0 Å². The summed E-state index contributed by atoms with van der Waals surface area (Å²) in [5.74, 6) is 1.23. The fourth-order valence-corrected chi connectivity index (χ4v) is 3.40. The Morgan fingerprint density at radius 1 is 1.14 bits per heavy atom. The Hall–Kier alpha value is -2.15. The summed E-state index contributed by atoms with van der Waals surface area (Å²) in [5, 5.41) is 4.68. The minimum Gasteiger partial charge on any atom is -0.375 e. The quantitative estimate of drug-likeness (QED) is 0.783. The van der Waals surface area contributed by atoms with Crippen LogP contribution in [0.15, 0.2) is 22.7 Å². The highest BCUT2D eigenvalue weighted by Crippen LogP contribution is 2.29. The first-order valence-electron chi connectivity index (χ1n) is 7.05. The first kappa shape index (κ1) is 12.6. The molecule has 6 nitrogen and oxygen atoms in total. The predicted molar refractivity (Wildman–Crippen MR) is 83.4 cm³/mol. The van der Waals surface area contributed by atoms with Gasteiger partial charge in [0, 0.05) is 18.7 Å². The van der Waals surface area contributed by atoms with Crippen LogP contribution in [-0.2, 0) is 0 Å². The first-order valence-corrected chi connectivity index (χ1v) is 7.86. The number of anilines is 2. The average molecular weight is 301 g/mol. The zero-order valence-corrected chi connectivity index (χ0v) is 12.3. The molecule has 0 radical (unpaired) electrons. The number of benzene rings is 1. The Labute approximate surface area is 125 Å². The van der Waals surface area contributed by atoms with Gasteiger partial charge in [-0.3, -0.25) is 0 Å². The second-order valence-corrected chi connectivity index (χ2v) is 6.24. The fraction of sp³-hybridized carbons (Fsp3) is 0.357. The monoisotopic (exact) mass is 301 g/mol. The van der Waals surface area contributed by atoms with E-state index in [1.807, 2.05) is 18.2 Å². The molecule has 3 aromatic rings. The number of hydrogen-bond acceptors (Lipinski definition) is 7.